The fourth-order valence-electron chi connectivity index (χ4n) is 3.58. The third-order valence-electron chi connectivity index (χ3n) is 5.18. The van der Waals surface area contributed by atoms with Crippen molar-refractivity contribution in [3.8, 4) is 22.5 Å². The zero-order valence-electron chi connectivity index (χ0n) is 18.5. The van der Waals surface area contributed by atoms with Gasteiger partial charge in [-0.2, -0.15) is 0 Å². The number of hydrogen-bond donors (Lipinski definition) is 5. The topological polar surface area (TPSA) is 230 Å². The van der Waals surface area contributed by atoms with E-state index in [2.05, 4.69) is 39.9 Å². The van der Waals surface area contributed by atoms with Gasteiger partial charge in [0.2, 0.25) is 11.9 Å². The van der Waals surface area contributed by atoms with Gasteiger partial charge >= 0.3 is 0 Å². The molecule has 14 heteroatoms. The zero-order valence-corrected chi connectivity index (χ0v) is 18.5. The predicted octanol–water partition coefficient (Wildman–Crippen LogP) is 2.69. The fraction of sp³-hybridized carbons (Fsp3) is 0. The Bertz CT molecular complexity index is 1730. The van der Waals surface area contributed by atoms with E-state index in [9.17, 15) is 10.1 Å². The van der Waals surface area contributed by atoms with Crippen molar-refractivity contribution in [2.75, 3.05) is 17.2 Å². The van der Waals surface area contributed by atoms with Crippen LogP contribution in [0.2, 0.25) is 0 Å². The number of pyridine rings is 2. The predicted molar refractivity (Wildman–Crippen MR) is 134 cm³/mol. The lowest BCUT2D eigenvalue weighted by molar-refractivity contribution is -0.385. The molecule has 0 aliphatic rings. The van der Waals surface area contributed by atoms with E-state index in [1.165, 1.54) is 18.5 Å². The molecule has 178 valence electrons. The molecule has 0 atom stereocenters. The van der Waals surface area contributed by atoms with E-state index in [0.29, 0.717) is 28.0 Å². The van der Waals surface area contributed by atoms with Gasteiger partial charge in [-0.05, 0) is 18.2 Å². The van der Waals surface area contributed by atoms with Crippen molar-refractivity contribution in [1.82, 2.24) is 39.9 Å². The molecule has 0 bridgehead atoms. The minimum Gasteiger partial charge on any atom is -0.397 e. The first-order valence-corrected chi connectivity index (χ1v) is 10.4. The van der Waals surface area contributed by atoms with Crippen LogP contribution in [0.3, 0.4) is 0 Å². The Kier molecular flexibility index (Phi) is 5.50. The Morgan fingerprint density at radius 1 is 0.750 bits per heavy atom. The van der Waals surface area contributed by atoms with E-state index in [1.807, 2.05) is 12.3 Å². The summed E-state index contributed by atoms with van der Waals surface area (Å²) in [6, 6.07) is 6.78. The molecule has 0 saturated carbocycles. The van der Waals surface area contributed by atoms with Crippen molar-refractivity contribution in [3.63, 3.8) is 0 Å². The number of nitrogen functional groups attached to an aromatic ring is 3. The summed E-state index contributed by atoms with van der Waals surface area (Å²) >= 11 is 0. The van der Waals surface area contributed by atoms with E-state index >= 15 is 0 Å². The van der Waals surface area contributed by atoms with E-state index in [0.717, 1.165) is 22.3 Å². The van der Waals surface area contributed by atoms with Crippen molar-refractivity contribution in [1.29, 1.82) is 0 Å². The van der Waals surface area contributed by atoms with Crippen LogP contribution in [0.5, 0.6) is 0 Å². The molecule has 6 aromatic heterocycles. The van der Waals surface area contributed by atoms with Gasteiger partial charge in [-0.1, -0.05) is 0 Å². The molecule has 0 amide bonds. The van der Waals surface area contributed by atoms with Crippen LogP contribution in [0.25, 0.3) is 44.6 Å². The minimum absolute atomic E-state index is 0.0737. The zero-order chi connectivity index (χ0) is 25.2. The summed E-state index contributed by atoms with van der Waals surface area (Å²) in [5, 5.41) is 12.3. The molecule has 6 heterocycles. The monoisotopic (exact) mass is 482 g/mol. The third kappa shape index (κ3) is 4.28. The molecule has 6 aromatic rings. The Balaban J connectivity index is 0.000000149. The highest BCUT2D eigenvalue weighted by molar-refractivity contribution is 5.94. The molecule has 0 spiro atoms. The number of aromatic amines is 2. The highest BCUT2D eigenvalue weighted by atomic mass is 16.6. The molecule has 0 aliphatic carbocycles. The summed E-state index contributed by atoms with van der Waals surface area (Å²) in [5.74, 6) is 0.388. The fourth-order valence-corrected chi connectivity index (χ4v) is 3.58. The molecule has 0 aliphatic heterocycles. The van der Waals surface area contributed by atoms with E-state index in [4.69, 9.17) is 17.2 Å². The van der Waals surface area contributed by atoms with Crippen LogP contribution in [0.15, 0.2) is 61.4 Å². The first kappa shape index (κ1) is 22.1. The first-order chi connectivity index (χ1) is 17.4. The average Bonchev–Trinajstić information content (AvgIpc) is 3.48. The molecule has 0 unspecified atom stereocenters. The van der Waals surface area contributed by atoms with Crippen LogP contribution in [0.1, 0.15) is 0 Å². The molecule has 14 nitrogen and oxygen atoms in total. The number of nitrogens with zero attached hydrogens (tertiary/aromatic N) is 7. The summed E-state index contributed by atoms with van der Waals surface area (Å²) in [4.78, 5) is 40.4. The molecular formula is C22H18N12O2. The van der Waals surface area contributed by atoms with Crippen LogP contribution in [-0.2, 0) is 0 Å². The quantitative estimate of drug-likeness (QED) is 0.182. The van der Waals surface area contributed by atoms with Gasteiger partial charge < -0.3 is 27.2 Å². The number of anilines is 3. The van der Waals surface area contributed by atoms with Crippen molar-refractivity contribution < 1.29 is 4.92 Å². The van der Waals surface area contributed by atoms with Crippen LogP contribution in [0.4, 0.5) is 23.3 Å². The average molecular weight is 482 g/mol. The Morgan fingerprint density at radius 3 is 1.81 bits per heavy atom. The summed E-state index contributed by atoms with van der Waals surface area (Å²) < 4.78 is 0. The Hall–Kier alpha value is -5.66. The number of nitro groups is 1. The lowest BCUT2D eigenvalue weighted by Gasteiger charge is -1.99. The second-order valence-electron chi connectivity index (χ2n) is 7.52. The normalized spacial score (nSPS) is 10.8. The summed E-state index contributed by atoms with van der Waals surface area (Å²) in [5.41, 5.74) is 21.6. The van der Waals surface area contributed by atoms with E-state index in [1.54, 1.807) is 30.7 Å². The molecule has 0 aromatic carbocycles. The number of nitrogens with two attached hydrogens (primary N) is 3. The van der Waals surface area contributed by atoms with Gasteiger partial charge in [-0.3, -0.25) is 10.1 Å². The number of hydrogen-bond acceptors (Lipinski definition) is 11. The standard InChI is InChI=1S/C11H8N6O2.C11H10N6/c12-11-13-2-1-9(16-11)8-5-15-10-7(8)3-6(4-14-10)17(18)19;12-6-3-7-8(5-16-10(7)15-4-6)9-1-2-14-11(13)17-9/h1-5H,(H,14,15)(H2,12,13,16);1-5H,12H2,(H,15,16)(H2,13,14,17). The SMILES string of the molecule is Nc1cnc2[nH]cc(-c3ccnc(N)n3)c2c1.Nc1nccc(-c2c[nH]c3ncc([N+](=O)[O-])cc23)n1. The van der Waals surface area contributed by atoms with Crippen molar-refractivity contribution in [2.24, 2.45) is 0 Å². The molecule has 0 saturated heterocycles. The maximum Gasteiger partial charge on any atom is 0.288 e. The molecule has 8 N–H and O–H groups in total. The second kappa shape index (κ2) is 8.94. The van der Waals surface area contributed by atoms with Crippen molar-refractivity contribution in [2.45, 2.75) is 0 Å². The van der Waals surface area contributed by atoms with Crippen molar-refractivity contribution >= 4 is 45.3 Å². The molecule has 0 fully saturated rings. The van der Waals surface area contributed by atoms with Gasteiger partial charge in [-0.25, -0.2) is 29.9 Å². The highest BCUT2D eigenvalue weighted by Crippen LogP contribution is 2.29. The molecular weight excluding hydrogens is 464 g/mol. The van der Waals surface area contributed by atoms with Gasteiger partial charge in [0.05, 0.1) is 28.2 Å². The Morgan fingerprint density at radius 2 is 1.28 bits per heavy atom. The van der Waals surface area contributed by atoms with Crippen LogP contribution < -0.4 is 17.2 Å². The summed E-state index contributed by atoms with van der Waals surface area (Å²) in [7, 11) is 0. The van der Waals surface area contributed by atoms with Gasteiger partial charge in [0.15, 0.2) is 0 Å². The first-order valence-electron chi connectivity index (χ1n) is 10.4. The van der Waals surface area contributed by atoms with Crippen LogP contribution in [-0.4, -0.2) is 44.8 Å². The number of fused-ring (bicyclic) bond motifs is 2. The highest BCUT2D eigenvalue weighted by Gasteiger charge is 2.14. The molecule has 36 heavy (non-hydrogen) atoms. The van der Waals surface area contributed by atoms with Crippen LogP contribution >= 0.6 is 0 Å². The number of nitrogens with one attached hydrogen (secondary N) is 2. The van der Waals surface area contributed by atoms with Gasteiger partial charge in [0, 0.05) is 52.8 Å². The molecule has 6 rings (SSSR count). The minimum atomic E-state index is -0.489. The van der Waals surface area contributed by atoms with Gasteiger partial charge in [0.1, 0.15) is 17.5 Å². The largest absolute Gasteiger partial charge is 0.397 e. The van der Waals surface area contributed by atoms with Crippen molar-refractivity contribution in [3.05, 3.63) is 71.6 Å². The van der Waals surface area contributed by atoms with E-state index < -0.39 is 4.92 Å². The van der Waals surface area contributed by atoms with Gasteiger partial charge in [0.25, 0.3) is 5.69 Å². The molecule has 0 radical (unpaired) electrons. The van der Waals surface area contributed by atoms with E-state index in [-0.39, 0.29) is 17.6 Å². The third-order valence-corrected chi connectivity index (χ3v) is 5.18. The summed E-state index contributed by atoms with van der Waals surface area (Å²) in [6.07, 6.45) is 9.48. The second-order valence-corrected chi connectivity index (χ2v) is 7.52. The number of H-pyrrole nitrogens is 2. The lowest BCUT2D eigenvalue weighted by atomic mass is 10.1. The Labute approximate surface area is 201 Å². The smallest absolute Gasteiger partial charge is 0.288 e. The maximum atomic E-state index is 10.8. The number of rotatable bonds is 3. The number of aromatic nitrogens is 8. The summed E-state index contributed by atoms with van der Waals surface area (Å²) in [6.45, 7) is 0. The van der Waals surface area contributed by atoms with Gasteiger partial charge in [-0.15, -0.1) is 0 Å². The van der Waals surface area contributed by atoms with Crippen LogP contribution in [0, 0.1) is 10.1 Å². The maximum absolute atomic E-state index is 10.8. The lowest BCUT2D eigenvalue weighted by Crippen LogP contribution is -1.95.